The topological polar surface area (TPSA) is 61.4 Å². The molecular weight excluding hydrogens is 334 g/mol. The number of hydrogen-bond acceptors (Lipinski definition) is 4. The summed E-state index contributed by atoms with van der Waals surface area (Å²) in [4.78, 5) is 2.76. The third-order valence-corrected chi connectivity index (χ3v) is 6.90. The minimum absolute atomic E-state index is 0.384. The van der Waals surface area contributed by atoms with E-state index in [1.165, 1.54) is 37.7 Å². The van der Waals surface area contributed by atoms with Crippen molar-refractivity contribution in [1.82, 2.24) is 14.9 Å². The third kappa shape index (κ3) is 5.51. The molecule has 6 heteroatoms. The molecule has 1 aliphatic carbocycles. The van der Waals surface area contributed by atoms with Crippen LogP contribution in [0.2, 0.25) is 0 Å². The van der Waals surface area contributed by atoms with Crippen molar-refractivity contribution in [2.45, 2.75) is 49.3 Å². The van der Waals surface area contributed by atoms with Crippen molar-refractivity contribution in [2.75, 3.05) is 39.3 Å². The van der Waals surface area contributed by atoms with Crippen LogP contribution in [0.1, 0.15) is 50.0 Å². The quantitative estimate of drug-likeness (QED) is 0.728. The van der Waals surface area contributed by atoms with E-state index in [1.807, 2.05) is 12.1 Å². The Balaban J connectivity index is 1.47. The van der Waals surface area contributed by atoms with E-state index in [0.29, 0.717) is 17.4 Å². The maximum Gasteiger partial charge on any atom is 0.240 e. The molecule has 0 bridgehead atoms. The van der Waals surface area contributed by atoms with E-state index in [9.17, 15) is 8.42 Å². The molecule has 0 unspecified atom stereocenters. The first kappa shape index (κ1) is 18.8. The van der Waals surface area contributed by atoms with Crippen molar-refractivity contribution in [3.05, 3.63) is 29.8 Å². The number of nitrogens with zero attached hydrogens (tertiary/aromatic N) is 1. The molecule has 0 amide bonds. The molecule has 1 heterocycles. The maximum absolute atomic E-state index is 12.4. The zero-order valence-corrected chi connectivity index (χ0v) is 15.9. The second-order valence-corrected chi connectivity index (χ2v) is 9.01. The van der Waals surface area contributed by atoms with Gasteiger partial charge in [-0.15, -0.1) is 0 Å². The summed E-state index contributed by atoms with van der Waals surface area (Å²) in [6.45, 7) is 5.60. The Hall–Kier alpha value is -0.950. The van der Waals surface area contributed by atoms with E-state index in [2.05, 4.69) is 14.9 Å². The lowest BCUT2D eigenvalue weighted by Gasteiger charge is -2.27. The Labute approximate surface area is 152 Å². The Kier molecular flexibility index (Phi) is 6.87. The van der Waals surface area contributed by atoms with Gasteiger partial charge in [0, 0.05) is 32.7 Å². The second-order valence-electron chi connectivity index (χ2n) is 7.25. The summed E-state index contributed by atoms with van der Waals surface area (Å²) >= 11 is 0. The van der Waals surface area contributed by atoms with Crippen LogP contribution >= 0.6 is 0 Å². The highest BCUT2D eigenvalue weighted by molar-refractivity contribution is 7.89. The number of hydrogen-bond donors (Lipinski definition) is 2. The van der Waals surface area contributed by atoms with Crippen LogP contribution < -0.4 is 10.0 Å². The van der Waals surface area contributed by atoms with Crippen molar-refractivity contribution in [2.24, 2.45) is 0 Å². The molecule has 1 saturated carbocycles. The summed E-state index contributed by atoms with van der Waals surface area (Å²) in [5.74, 6) is 0.609. The normalized spacial score (nSPS) is 20.6. The molecule has 2 fully saturated rings. The average molecular weight is 366 g/mol. The van der Waals surface area contributed by atoms with Gasteiger partial charge in [-0.3, -0.25) is 0 Å². The van der Waals surface area contributed by atoms with Gasteiger partial charge in [-0.05, 0) is 49.4 Å². The van der Waals surface area contributed by atoms with E-state index in [1.54, 1.807) is 12.1 Å². The van der Waals surface area contributed by atoms with Gasteiger partial charge >= 0.3 is 0 Å². The van der Waals surface area contributed by atoms with Crippen LogP contribution in [0.3, 0.4) is 0 Å². The lowest BCUT2D eigenvalue weighted by molar-refractivity contribution is 0.239. The Bertz CT molecular complexity index is 619. The molecule has 140 valence electrons. The first-order valence-electron chi connectivity index (χ1n) is 9.68. The van der Waals surface area contributed by atoms with Crippen molar-refractivity contribution >= 4 is 10.0 Å². The molecule has 0 spiro atoms. The number of benzene rings is 1. The van der Waals surface area contributed by atoms with E-state index in [0.717, 1.165) is 39.1 Å². The van der Waals surface area contributed by atoms with Gasteiger partial charge in [0.25, 0.3) is 0 Å². The highest BCUT2D eigenvalue weighted by Gasteiger charge is 2.18. The van der Waals surface area contributed by atoms with E-state index >= 15 is 0 Å². The molecule has 5 nitrogen and oxygen atoms in total. The maximum atomic E-state index is 12.4. The van der Waals surface area contributed by atoms with Gasteiger partial charge in [-0.2, -0.15) is 0 Å². The van der Waals surface area contributed by atoms with Gasteiger partial charge in [0.15, 0.2) is 0 Å². The van der Waals surface area contributed by atoms with Crippen LogP contribution in [-0.2, 0) is 10.0 Å². The highest BCUT2D eigenvalue weighted by Crippen LogP contribution is 2.32. The fourth-order valence-electron chi connectivity index (χ4n) is 3.88. The van der Waals surface area contributed by atoms with Crippen molar-refractivity contribution < 1.29 is 8.42 Å². The van der Waals surface area contributed by atoms with Crippen LogP contribution in [0, 0.1) is 0 Å². The molecule has 3 rings (SSSR count). The standard InChI is InChI=1S/C19H31N3O2S/c23-25(24,21-11-4-14-22-15-12-20-13-16-22)19-9-7-18(8-10-19)17-5-2-1-3-6-17/h7-10,17,20-21H,1-6,11-16H2. The summed E-state index contributed by atoms with van der Waals surface area (Å²) in [5.41, 5.74) is 1.29. The fourth-order valence-corrected chi connectivity index (χ4v) is 4.96. The zero-order chi connectivity index (χ0) is 17.5. The molecule has 2 N–H and O–H groups in total. The molecule has 1 aromatic carbocycles. The molecule has 1 aromatic rings. The zero-order valence-electron chi connectivity index (χ0n) is 15.0. The van der Waals surface area contributed by atoms with Crippen molar-refractivity contribution in [3.8, 4) is 0 Å². The third-order valence-electron chi connectivity index (χ3n) is 5.42. The van der Waals surface area contributed by atoms with Crippen molar-refractivity contribution in [1.29, 1.82) is 0 Å². The minimum atomic E-state index is -3.39. The molecule has 0 aromatic heterocycles. The van der Waals surface area contributed by atoms with E-state index < -0.39 is 10.0 Å². The highest BCUT2D eigenvalue weighted by atomic mass is 32.2. The Morgan fingerprint density at radius 1 is 1.04 bits per heavy atom. The monoisotopic (exact) mass is 365 g/mol. The second kappa shape index (κ2) is 9.12. The largest absolute Gasteiger partial charge is 0.314 e. The van der Waals surface area contributed by atoms with Gasteiger partial charge in [0.05, 0.1) is 4.90 Å². The summed E-state index contributed by atoms with van der Waals surface area (Å²) in [5, 5.41) is 3.33. The minimum Gasteiger partial charge on any atom is -0.314 e. The lowest BCUT2D eigenvalue weighted by atomic mass is 9.84. The van der Waals surface area contributed by atoms with Gasteiger partial charge in [0.1, 0.15) is 0 Å². The smallest absolute Gasteiger partial charge is 0.240 e. The van der Waals surface area contributed by atoms with E-state index in [-0.39, 0.29) is 0 Å². The van der Waals surface area contributed by atoms with Crippen LogP contribution in [0.4, 0.5) is 0 Å². The summed E-state index contributed by atoms with van der Waals surface area (Å²) in [6, 6.07) is 7.54. The first-order valence-corrected chi connectivity index (χ1v) is 11.2. The average Bonchev–Trinajstić information content (AvgIpc) is 2.67. The van der Waals surface area contributed by atoms with Crippen LogP contribution in [0.5, 0.6) is 0 Å². The summed E-state index contributed by atoms with van der Waals surface area (Å²) in [7, 11) is -3.39. The van der Waals surface area contributed by atoms with Crippen LogP contribution in [0.25, 0.3) is 0 Å². The number of rotatable bonds is 7. The molecule has 1 saturated heterocycles. The Morgan fingerprint density at radius 2 is 1.72 bits per heavy atom. The predicted molar refractivity (Wildman–Crippen MR) is 101 cm³/mol. The van der Waals surface area contributed by atoms with Crippen LogP contribution in [-0.4, -0.2) is 52.6 Å². The molecule has 0 atom stereocenters. The van der Waals surface area contributed by atoms with E-state index in [4.69, 9.17) is 0 Å². The molecule has 25 heavy (non-hydrogen) atoms. The molecule has 0 radical (unpaired) electrons. The number of sulfonamides is 1. The molecular formula is C19H31N3O2S. The number of piperazine rings is 1. The van der Waals surface area contributed by atoms with Gasteiger partial charge in [0.2, 0.25) is 10.0 Å². The van der Waals surface area contributed by atoms with Crippen molar-refractivity contribution in [3.63, 3.8) is 0 Å². The molecule has 2 aliphatic rings. The van der Waals surface area contributed by atoms with Gasteiger partial charge in [-0.1, -0.05) is 31.4 Å². The number of nitrogens with one attached hydrogen (secondary N) is 2. The SMILES string of the molecule is O=S(=O)(NCCCN1CCNCC1)c1ccc(C2CCCCC2)cc1. The molecule has 1 aliphatic heterocycles. The summed E-state index contributed by atoms with van der Waals surface area (Å²) in [6.07, 6.45) is 7.23. The predicted octanol–water partition coefficient (Wildman–Crippen LogP) is 2.31. The van der Waals surface area contributed by atoms with Gasteiger partial charge in [-0.25, -0.2) is 13.1 Å². The summed E-state index contributed by atoms with van der Waals surface area (Å²) < 4.78 is 27.6. The first-order chi connectivity index (χ1) is 12.1. The Morgan fingerprint density at radius 3 is 2.40 bits per heavy atom. The lowest BCUT2D eigenvalue weighted by Crippen LogP contribution is -2.44. The van der Waals surface area contributed by atoms with Gasteiger partial charge < -0.3 is 10.2 Å². The fraction of sp³-hybridized carbons (Fsp3) is 0.684. The van der Waals surface area contributed by atoms with Crippen LogP contribution in [0.15, 0.2) is 29.2 Å².